The second kappa shape index (κ2) is 5.79. The SMILES string of the molecule is Cc1cnc(CNC(=O)c2cccc(N)c2Br)cn1. The predicted octanol–water partition coefficient (Wildman–Crippen LogP) is 2.06. The van der Waals surface area contributed by atoms with E-state index in [1.807, 2.05) is 6.92 Å². The second-order valence-electron chi connectivity index (χ2n) is 4.04. The van der Waals surface area contributed by atoms with E-state index in [-0.39, 0.29) is 5.91 Å². The Labute approximate surface area is 119 Å². The lowest BCUT2D eigenvalue weighted by molar-refractivity contribution is 0.0949. The van der Waals surface area contributed by atoms with Crippen LogP contribution in [-0.4, -0.2) is 15.9 Å². The molecule has 19 heavy (non-hydrogen) atoms. The van der Waals surface area contributed by atoms with Gasteiger partial charge in [0.25, 0.3) is 5.91 Å². The molecule has 6 heteroatoms. The molecular formula is C13H13BrN4O. The number of halogens is 1. The Morgan fingerprint density at radius 3 is 2.84 bits per heavy atom. The van der Waals surface area contributed by atoms with E-state index in [0.717, 1.165) is 5.69 Å². The maximum Gasteiger partial charge on any atom is 0.252 e. The van der Waals surface area contributed by atoms with Crippen LogP contribution >= 0.6 is 15.9 Å². The van der Waals surface area contributed by atoms with Crippen LogP contribution in [0.1, 0.15) is 21.7 Å². The van der Waals surface area contributed by atoms with E-state index in [4.69, 9.17) is 5.73 Å². The lowest BCUT2D eigenvalue weighted by Gasteiger charge is -2.08. The second-order valence-corrected chi connectivity index (χ2v) is 4.83. The number of aromatic nitrogens is 2. The summed E-state index contributed by atoms with van der Waals surface area (Å²) in [6.07, 6.45) is 3.31. The summed E-state index contributed by atoms with van der Waals surface area (Å²) in [6.45, 7) is 2.19. The van der Waals surface area contributed by atoms with E-state index in [1.54, 1.807) is 30.6 Å². The largest absolute Gasteiger partial charge is 0.398 e. The number of anilines is 1. The molecule has 0 spiro atoms. The molecule has 98 valence electrons. The van der Waals surface area contributed by atoms with Crippen molar-refractivity contribution in [3.63, 3.8) is 0 Å². The van der Waals surface area contributed by atoms with E-state index < -0.39 is 0 Å². The molecule has 0 fully saturated rings. The zero-order valence-corrected chi connectivity index (χ0v) is 11.9. The fourth-order valence-electron chi connectivity index (χ4n) is 1.50. The van der Waals surface area contributed by atoms with Crippen LogP contribution in [0.5, 0.6) is 0 Å². The van der Waals surface area contributed by atoms with Gasteiger partial charge in [0, 0.05) is 11.9 Å². The summed E-state index contributed by atoms with van der Waals surface area (Å²) in [6, 6.07) is 5.17. The summed E-state index contributed by atoms with van der Waals surface area (Å²) in [5, 5.41) is 2.78. The normalized spacial score (nSPS) is 10.2. The number of nitrogens with one attached hydrogen (secondary N) is 1. The van der Waals surface area contributed by atoms with Crippen molar-refractivity contribution in [1.82, 2.24) is 15.3 Å². The summed E-state index contributed by atoms with van der Waals surface area (Å²) in [7, 11) is 0. The van der Waals surface area contributed by atoms with Gasteiger partial charge in [0.1, 0.15) is 0 Å². The summed E-state index contributed by atoms with van der Waals surface area (Å²) in [5.74, 6) is -0.207. The number of rotatable bonds is 3. The molecule has 0 bridgehead atoms. The van der Waals surface area contributed by atoms with Crippen LogP contribution in [0.15, 0.2) is 35.1 Å². The topological polar surface area (TPSA) is 80.9 Å². The van der Waals surface area contributed by atoms with Crippen molar-refractivity contribution in [3.8, 4) is 0 Å². The number of benzene rings is 1. The van der Waals surface area contributed by atoms with Crippen molar-refractivity contribution in [2.75, 3.05) is 5.73 Å². The monoisotopic (exact) mass is 320 g/mol. The van der Waals surface area contributed by atoms with Gasteiger partial charge in [-0.15, -0.1) is 0 Å². The highest BCUT2D eigenvalue weighted by Crippen LogP contribution is 2.23. The van der Waals surface area contributed by atoms with Crippen LogP contribution in [0.4, 0.5) is 5.69 Å². The third-order valence-electron chi connectivity index (χ3n) is 2.54. The van der Waals surface area contributed by atoms with Crippen molar-refractivity contribution in [1.29, 1.82) is 0 Å². The third-order valence-corrected chi connectivity index (χ3v) is 3.42. The smallest absolute Gasteiger partial charge is 0.252 e. The zero-order chi connectivity index (χ0) is 13.8. The van der Waals surface area contributed by atoms with Gasteiger partial charge in [-0.05, 0) is 35.0 Å². The molecule has 1 aromatic heterocycles. The van der Waals surface area contributed by atoms with E-state index in [0.29, 0.717) is 28.0 Å². The fourth-order valence-corrected chi connectivity index (χ4v) is 1.95. The molecule has 0 radical (unpaired) electrons. The molecule has 1 amide bonds. The van der Waals surface area contributed by atoms with Crippen LogP contribution in [0.25, 0.3) is 0 Å². The van der Waals surface area contributed by atoms with Crippen LogP contribution in [-0.2, 0) is 6.54 Å². The first kappa shape index (κ1) is 13.5. The van der Waals surface area contributed by atoms with Crippen molar-refractivity contribution >= 4 is 27.5 Å². The molecule has 0 atom stereocenters. The Morgan fingerprint density at radius 2 is 2.16 bits per heavy atom. The van der Waals surface area contributed by atoms with Crippen LogP contribution < -0.4 is 11.1 Å². The van der Waals surface area contributed by atoms with Crippen molar-refractivity contribution in [3.05, 3.63) is 52.0 Å². The van der Waals surface area contributed by atoms with Gasteiger partial charge < -0.3 is 11.1 Å². The summed E-state index contributed by atoms with van der Waals surface area (Å²) < 4.78 is 0.600. The number of hydrogen-bond acceptors (Lipinski definition) is 4. The Morgan fingerprint density at radius 1 is 1.37 bits per heavy atom. The van der Waals surface area contributed by atoms with E-state index >= 15 is 0 Å². The lowest BCUT2D eigenvalue weighted by Crippen LogP contribution is -2.24. The molecule has 0 aliphatic carbocycles. The Kier molecular flexibility index (Phi) is 4.11. The zero-order valence-electron chi connectivity index (χ0n) is 10.4. The third kappa shape index (κ3) is 3.29. The number of carbonyl (C=O) groups is 1. The first-order valence-corrected chi connectivity index (χ1v) is 6.47. The number of carbonyl (C=O) groups excluding carboxylic acids is 1. The van der Waals surface area contributed by atoms with Gasteiger partial charge in [-0.2, -0.15) is 0 Å². The maximum absolute atomic E-state index is 12.0. The van der Waals surface area contributed by atoms with Crippen LogP contribution in [0.3, 0.4) is 0 Å². The van der Waals surface area contributed by atoms with Crippen molar-refractivity contribution in [2.24, 2.45) is 0 Å². The average molecular weight is 321 g/mol. The highest BCUT2D eigenvalue weighted by molar-refractivity contribution is 9.10. The van der Waals surface area contributed by atoms with Gasteiger partial charge in [0.2, 0.25) is 0 Å². The van der Waals surface area contributed by atoms with E-state index in [9.17, 15) is 4.79 Å². The molecule has 0 unspecified atom stereocenters. The molecule has 3 N–H and O–H groups in total. The Hall–Kier alpha value is -1.95. The molecule has 0 aliphatic rings. The summed E-state index contributed by atoms with van der Waals surface area (Å²) >= 11 is 3.30. The predicted molar refractivity (Wildman–Crippen MR) is 76.5 cm³/mol. The summed E-state index contributed by atoms with van der Waals surface area (Å²) in [4.78, 5) is 20.3. The molecule has 2 aromatic rings. The number of nitrogens with two attached hydrogens (primary N) is 1. The standard InChI is InChI=1S/C13H13BrN4O/c1-8-5-17-9(6-16-8)7-18-13(19)10-3-2-4-11(15)12(10)14/h2-6H,7,15H2,1H3,(H,18,19). The molecule has 0 aliphatic heterocycles. The van der Waals surface area contributed by atoms with Gasteiger partial charge in [-0.3, -0.25) is 14.8 Å². The van der Waals surface area contributed by atoms with E-state index in [2.05, 4.69) is 31.2 Å². The number of nitrogen functional groups attached to an aromatic ring is 1. The number of aryl methyl sites for hydroxylation is 1. The van der Waals surface area contributed by atoms with E-state index in [1.165, 1.54) is 0 Å². The highest BCUT2D eigenvalue weighted by Gasteiger charge is 2.11. The molecular weight excluding hydrogens is 308 g/mol. The van der Waals surface area contributed by atoms with Crippen molar-refractivity contribution < 1.29 is 4.79 Å². The van der Waals surface area contributed by atoms with Crippen molar-refractivity contribution in [2.45, 2.75) is 13.5 Å². The Balaban J connectivity index is 2.05. The van der Waals surface area contributed by atoms with Gasteiger partial charge in [-0.25, -0.2) is 0 Å². The molecule has 1 aromatic carbocycles. The molecule has 1 heterocycles. The number of nitrogens with zero attached hydrogens (tertiary/aromatic N) is 2. The minimum absolute atomic E-state index is 0.207. The molecule has 5 nitrogen and oxygen atoms in total. The molecule has 2 rings (SSSR count). The summed E-state index contributed by atoms with van der Waals surface area (Å²) in [5.41, 5.74) is 8.31. The minimum atomic E-state index is -0.207. The molecule has 0 saturated heterocycles. The quantitative estimate of drug-likeness (QED) is 0.848. The van der Waals surface area contributed by atoms with Crippen LogP contribution in [0, 0.1) is 6.92 Å². The number of amides is 1. The average Bonchev–Trinajstić information content (AvgIpc) is 2.41. The highest BCUT2D eigenvalue weighted by atomic mass is 79.9. The van der Waals surface area contributed by atoms with Gasteiger partial charge in [0.15, 0.2) is 0 Å². The van der Waals surface area contributed by atoms with Gasteiger partial charge in [0.05, 0.1) is 34.2 Å². The maximum atomic E-state index is 12.0. The Bertz CT molecular complexity index is 598. The lowest BCUT2D eigenvalue weighted by atomic mass is 10.2. The molecule has 0 saturated carbocycles. The van der Waals surface area contributed by atoms with Gasteiger partial charge >= 0.3 is 0 Å². The minimum Gasteiger partial charge on any atom is -0.398 e. The number of hydrogen-bond donors (Lipinski definition) is 2. The first-order valence-electron chi connectivity index (χ1n) is 5.67. The van der Waals surface area contributed by atoms with Gasteiger partial charge in [-0.1, -0.05) is 6.07 Å². The van der Waals surface area contributed by atoms with Crippen LogP contribution in [0.2, 0.25) is 0 Å². The fraction of sp³-hybridized carbons (Fsp3) is 0.154. The first-order chi connectivity index (χ1) is 9.08.